The van der Waals surface area contributed by atoms with Crippen molar-refractivity contribution in [1.29, 1.82) is 0 Å². The first-order chi connectivity index (χ1) is 11.7. The highest BCUT2D eigenvalue weighted by molar-refractivity contribution is 6.40. The van der Waals surface area contributed by atoms with Crippen LogP contribution in [-0.2, 0) is 9.53 Å². The Bertz CT molecular complexity index is 608. The molecule has 0 bridgehead atoms. The molecule has 0 spiro atoms. The molecule has 24 heavy (non-hydrogen) atoms. The second kappa shape index (κ2) is 7.53. The molecule has 0 aliphatic carbocycles. The van der Waals surface area contributed by atoms with Gasteiger partial charge in [0.1, 0.15) is 0 Å². The molecule has 130 valence electrons. The highest BCUT2D eigenvalue weighted by Crippen LogP contribution is 2.29. The zero-order valence-electron chi connectivity index (χ0n) is 14.0. The Morgan fingerprint density at radius 3 is 2.50 bits per heavy atom. The van der Waals surface area contributed by atoms with Crippen molar-refractivity contribution in [3.8, 4) is 0 Å². The van der Waals surface area contributed by atoms with Crippen LogP contribution in [0.4, 0.5) is 11.4 Å². The number of carboxylic acids is 1. The van der Waals surface area contributed by atoms with Crippen molar-refractivity contribution < 1.29 is 14.6 Å². The molecule has 0 aromatic heterocycles. The summed E-state index contributed by atoms with van der Waals surface area (Å²) in [6.07, 6.45) is 2.12. The average Bonchev–Trinajstić information content (AvgIpc) is 3.13. The number of anilines is 2. The largest absolute Gasteiger partial charge is 0.475 e. The van der Waals surface area contributed by atoms with E-state index in [0.29, 0.717) is 13.2 Å². The summed E-state index contributed by atoms with van der Waals surface area (Å²) in [5.41, 5.74) is 1.86. The lowest BCUT2D eigenvalue weighted by molar-refractivity contribution is -0.129. The van der Waals surface area contributed by atoms with Crippen LogP contribution in [0.5, 0.6) is 0 Å². The van der Waals surface area contributed by atoms with Gasteiger partial charge >= 0.3 is 5.97 Å². The highest BCUT2D eigenvalue weighted by atomic mass is 16.5. The van der Waals surface area contributed by atoms with Crippen molar-refractivity contribution in [2.24, 2.45) is 5.10 Å². The van der Waals surface area contributed by atoms with Crippen LogP contribution in [0.2, 0.25) is 0 Å². The van der Waals surface area contributed by atoms with Gasteiger partial charge in [-0.25, -0.2) is 4.79 Å². The van der Waals surface area contributed by atoms with Crippen molar-refractivity contribution >= 4 is 23.2 Å². The molecule has 0 saturated carbocycles. The Balaban J connectivity index is 1.89. The number of hydrogen-bond acceptors (Lipinski definition) is 5. The van der Waals surface area contributed by atoms with E-state index in [2.05, 4.69) is 10.0 Å². The van der Waals surface area contributed by atoms with E-state index in [1.807, 2.05) is 29.3 Å². The van der Waals surface area contributed by atoms with Gasteiger partial charge in [0, 0.05) is 33.2 Å². The number of ether oxygens (including phenoxy) is 1. The van der Waals surface area contributed by atoms with E-state index in [9.17, 15) is 9.90 Å². The molecule has 1 aromatic carbocycles. The zero-order valence-corrected chi connectivity index (χ0v) is 14.0. The fourth-order valence-corrected chi connectivity index (χ4v) is 3.12. The Morgan fingerprint density at radius 1 is 1.17 bits per heavy atom. The Hall–Kier alpha value is -2.28. The third kappa shape index (κ3) is 3.62. The number of aliphatic carboxylic acids is 1. The number of benzene rings is 1. The summed E-state index contributed by atoms with van der Waals surface area (Å²) in [6, 6.07) is 7.85. The van der Waals surface area contributed by atoms with E-state index >= 15 is 0 Å². The summed E-state index contributed by atoms with van der Waals surface area (Å²) >= 11 is 0. The third-order valence-corrected chi connectivity index (χ3v) is 4.42. The molecule has 2 saturated heterocycles. The van der Waals surface area contributed by atoms with E-state index in [1.54, 1.807) is 11.9 Å². The summed E-state index contributed by atoms with van der Waals surface area (Å²) in [6.45, 7) is 4.61. The van der Waals surface area contributed by atoms with Gasteiger partial charge in [0.05, 0.1) is 24.6 Å². The number of carbonyl (C=O) groups is 1. The number of carboxylic acid groups (broad SMARTS) is 1. The van der Waals surface area contributed by atoms with Crippen LogP contribution in [0, 0.1) is 0 Å². The Morgan fingerprint density at radius 2 is 1.83 bits per heavy atom. The number of hydrogen-bond donors (Lipinski definition) is 1. The molecule has 3 rings (SSSR count). The monoisotopic (exact) mass is 332 g/mol. The van der Waals surface area contributed by atoms with E-state index in [-0.39, 0.29) is 5.84 Å². The standard InChI is InChI=1S/C17H24N4O3/c1-19(16(17(22)23)18-21-8-4-5-9-21)14-6-2-3-7-15(14)20-10-12-24-13-11-20/h2-3,6-7H,4-5,8-13H2,1H3,(H,22,23)/b18-16+. The topological polar surface area (TPSA) is 68.6 Å². The van der Waals surface area contributed by atoms with Crippen LogP contribution >= 0.6 is 0 Å². The van der Waals surface area contributed by atoms with Gasteiger partial charge in [0.15, 0.2) is 0 Å². The van der Waals surface area contributed by atoms with Gasteiger partial charge in [-0.15, -0.1) is 0 Å². The first kappa shape index (κ1) is 16.6. The van der Waals surface area contributed by atoms with Gasteiger partial charge in [-0.3, -0.25) is 5.01 Å². The number of nitrogens with zero attached hydrogens (tertiary/aromatic N) is 4. The molecule has 7 heteroatoms. The van der Waals surface area contributed by atoms with E-state index in [1.165, 1.54) is 0 Å². The minimum atomic E-state index is -1.01. The molecule has 0 amide bonds. The lowest BCUT2D eigenvalue weighted by Crippen LogP contribution is -2.40. The average molecular weight is 332 g/mol. The highest BCUT2D eigenvalue weighted by Gasteiger charge is 2.24. The van der Waals surface area contributed by atoms with Crippen molar-refractivity contribution in [2.45, 2.75) is 12.8 Å². The van der Waals surface area contributed by atoms with Crippen LogP contribution in [0.3, 0.4) is 0 Å². The second-order valence-electron chi connectivity index (χ2n) is 6.04. The first-order valence-electron chi connectivity index (χ1n) is 8.39. The van der Waals surface area contributed by atoms with Crippen LogP contribution < -0.4 is 9.80 Å². The van der Waals surface area contributed by atoms with Crippen LogP contribution in [0.25, 0.3) is 0 Å². The summed E-state index contributed by atoms with van der Waals surface area (Å²) in [5.74, 6) is -0.959. The molecule has 0 atom stereocenters. The van der Waals surface area contributed by atoms with Crippen molar-refractivity contribution in [1.82, 2.24) is 5.01 Å². The molecule has 1 N–H and O–H groups in total. The van der Waals surface area contributed by atoms with E-state index in [0.717, 1.165) is 50.4 Å². The number of amidine groups is 1. The van der Waals surface area contributed by atoms with E-state index < -0.39 is 5.97 Å². The molecule has 2 aliphatic heterocycles. The molecule has 0 unspecified atom stereocenters. The zero-order chi connectivity index (χ0) is 16.9. The predicted octanol–water partition coefficient (Wildman–Crippen LogP) is 1.45. The van der Waals surface area contributed by atoms with Gasteiger partial charge in [0.25, 0.3) is 0 Å². The van der Waals surface area contributed by atoms with Gasteiger partial charge in [-0.05, 0) is 25.0 Å². The molecular weight excluding hydrogens is 308 g/mol. The third-order valence-electron chi connectivity index (χ3n) is 4.42. The molecule has 0 radical (unpaired) electrons. The predicted molar refractivity (Wildman–Crippen MR) is 93.8 cm³/mol. The number of likely N-dealkylation sites (N-methyl/N-ethyl adjacent to an activating group) is 1. The minimum Gasteiger partial charge on any atom is -0.475 e. The maximum atomic E-state index is 11.8. The van der Waals surface area contributed by atoms with Crippen molar-refractivity contribution in [2.75, 3.05) is 56.2 Å². The molecular formula is C17H24N4O3. The minimum absolute atomic E-state index is 0.0533. The van der Waals surface area contributed by atoms with E-state index in [4.69, 9.17) is 4.74 Å². The number of hydrazone groups is 1. The maximum absolute atomic E-state index is 11.8. The Kier molecular flexibility index (Phi) is 5.20. The fourth-order valence-electron chi connectivity index (χ4n) is 3.12. The van der Waals surface area contributed by atoms with Gasteiger partial charge in [-0.1, -0.05) is 12.1 Å². The lowest BCUT2D eigenvalue weighted by Gasteiger charge is -2.33. The van der Waals surface area contributed by atoms with Crippen LogP contribution in [-0.4, -0.2) is 68.4 Å². The van der Waals surface area contributed by atoms with Crippen molar-refractivity contribution in [3.63, 3.8) is 0 Å². The van der Waals surface area contributed by atoms with Crippen LogP contribution in [0.15, 0.2) is 29.4 Å². The molecule has 2 fully saturated rings. The lowest BCUT2D eigenvalue weighted by atomic mass is 10.2. The molecule has 1 aromatic rings. The smallest absolute Gasteiger partial charge is 0.373 e. The number of rotatable bonds is 3. The molecule has 2 heterocycles. The summed E-state index contributed by atoms with van der Waals surface area (Å²) < 4.78 is 5.42. The van der Waals surface area contributed by atoms with Gasteiger partial charge < -0.3 is 19.6 Å². The molecule has 2 aliphatic rings. The van der Waals surface area contributed by atoms with Gasteiger partial charge in [0.2, 0.25) is 5.84 Å². The second-order valence-corrected chi connectivity index (χ2v) is 6.04. The quantitative estimate of drug-likeness (QED) is 0.667. The number of para-hydroxylation sites is 2. The summed E-state index contributed by atoms with van der Waals surface area (Å²) in [5, 5.41) is 15.8. The molecule has 7 nitrogen and oxygen atoms in total. The SMILES string of the molecule is CN(/C(=N/N1CCCC1)C(=O)O)c1ccccc1N1CCOCC1. The first-order valence-corrected chi connectivity index (χ1v) is 8.39. The fraction of sp³-hybridized carbons (Fsp3) is 0.529. The normalized spacial score (nSPS) is 18.8. The van der Waals surface area contributed by atoms with Crippen LogP contribution in [0.1, 0.15) is 12.8 Å². The van der Waals surface area contributed by atoms with Crippen molar-refractivity contribution in [3.05, 3.63) is 24.3 Å². The number of morpholine rings is 1. The van der Waals surface area contributed by atoms with Gasteiger partial charge in [-0.2, -0.15) is 5.10 Å². The summed E-state index contributed by atoms with van der Waals surface area (Å²) in [4.78, 5) is 15.7. The maximum Gasteiger partial charge on any atom is 0.373 e. The summed E-state index contributed by atoms with van der Waals surface area (Å²) in [7, 11) is 1.77. The Labute approximate surface area is 142 Å².